The van der Waals surface area contributed by atoms with E-state index < -0.39 is 0 Å². The van der Waals surface area contributed by atoms with Crippen molar-refractivity contribution in [1.29, 1.82) is 0 Å². The van der Waals surface area contributed by atoms with E-state index in [1.165, 1.54) is 64.2 Å². The molecule has 8 atom stereocenters. The van der Waals surface area contributed by atoms with Crippen LogP contribution in [0.4, 0.5) is 0 Å². The summed E-state index contributed by atoms with van der Waals surface area (Å²) >= 11 is 0. The molecule has 0 aromatic carbocycles. The number of hydrogen-bond acceptors (Lipinski definition) is 1. The average Bonchev–Trinajstić information content (AvgIpc) is 2.94. The van der Waals surface area contributed by atoms with Gasteiger partial charge in [-0.1, -0.05) is 40.0 Å². The van der Waals surface area contributed by atoms with E-state index in [0.29, 0.717) is 11.3 Å². The van der Waals surface area contributed by atoms with E-state index in [4.69, 9.17) is 0 Å². The van der Waals surface area contributed by atoms with Gasteiger partial charge in [-0.25, -0.2) is 0 Å². The van der Waals surface area contributed by atoms with Crippen molar-refractivity contribution in [2.24, 2.45) is 40.9 Å². The van der Waals surface area contributed by atoms with Crippen LogP contribution in [0.3, 0.4) is 0 Å². The van der Waals surface area contributed by atoms with Crippen molar-refractivity contribution in [3.8, 4) is 0 Å². The van der Waals surface area contributed by atoms with Gasteiger partial charge in [0.1, 0.15) is 0 Å². The molecule has 0 bridgehead atoms. The first-order valence-corrected chi connectivity index (χ1v) is 10.8. The van der Waals surface area contributed by atoms with Gasteiger partial charge in [-0.05, 0) is 92.8 Å². The lowest BCUT2D eigenvalue weighted by atomic mass is 9.49. The van der Waals surface area contributed by atoms with Crippen LogP contribution < -0.4 is 0 Å². The highest BCUT2D eigenvalue weighted by atomic mass is 16.3. The Morgan fingerprint density at radius 3 is 2.30 bits per heavy atom. The highest BCUT2D eigenvalue weighted by molar-refractivity contribution is 5.06. The fourth-order valence-electron chi connectivity index (χ4n) is 7.66. The number of aliphatic hydroxyl groups excluding tert-OH is 1. The lowest BCUT2D eigenvalue weighted by Gasteiger charge is -2.56. The maximum Gasteiger partial charge on any atom is 0.0545 e. The van der Waals surface area contributed by atoms with Crippen LogP contribution in [-0.4, -0.2) is 11.2 Å². The van der Waals surface area contributed by atoms with Crippen molar-refractivity contribution in [2.45, 2.75) is 98.0 Å². The van der Waals surface area contributed by atoms with Gasteiger partial charge in [0, 0.05) is 0 Å². The summed E-state index contributed by atoms with van der Waals surface area (Å²) in [6.07, 6.45) is 14.6. The first kappa shape index (κ1) is 17.8. The summed E-state index contributed by atoms with van der Waals surface area (Å²) in [6, 6.07) is 0. The Bertz CT molecular complexity index is 389. The smallest absolute Gasteiger partial charge is 0.0545 e. The van der Waals surface area contributed by atoms with Crippen LogP contribution in [0.1, 0.15) is 91.9 Å². The minimum atomic E-state index is -0.0948. The van der Waals surface area contributed by atoms with Crippen LogP contribution in [-0.2, 0) is 0 Å². The molecule has 4 saturated carbocycles. The SMILES string of the molecule is CC.CC(O)C1CCC2C3CCC4CCCCC4C3CCC12C. The zero-order chi connectivity index (χ0) is 16.6. The predicted octanol–water partition coefficient (Wildman–Crippen LogP) is 6.05. The standard InChI is InChI=1S/C20H34O.C2H6/c1-13(21)18-9-10-19-17-8-7-14-5-3-4-6-15(14)16(17)11-12-20(18,19)2;1-2/h13-19,21H,3-12H2,1-2H3;1-2H3. The van der Waals surface area contributed by atoms with E-state index in [1.807, 2.05) is 20.8 Å². The molecule has 1 N–H and O–H groups in total. The van der Waals surface area contributed by atoms with E-state index in [9.17, 15) is 5.11 Å². The van der Waals surface area contributed by atoms with Gasteiger partial charge in [-0.15, -0.1) is 0 Å². The largest absolute Gasteiger partial charge is 0.393 e. The zero-order valence-corrected chi connectivity index (χ0v) is 16.1. The minimum absolute atomic E-state index is 0.0948. The molecule has 8 unspecified atom stereocenters. The number of fused-ring (bicyclic) bond motifs is 5. The second-order valence-electron chi connectivity index (χ2n) is 9.19. The molecule has 0 heterocycles. The van der Waals surface area contributed by atoms with Gasteiger partial charge < -0.3 is 5.11 Å². The lowest BCUT2D eigenvalue weighted by Crippen LogP contribution is -2.49. The lowest BCUT2D eigenvalue weighted by molar-refractivity contribution is -0.0775. The third-order valence-corrected chi connectivity index (χ3v) is 8.54. The van der Waals surface area contributed by atoms with Crippen LogP contribution >= 0.6 is 0 Å². The molecule has 23 heavy (non-hydrogen) atoms. The number of rotatable bonds is 1. The Morgan fingerprint density at radius 1 is 0.826 bits per heavy atom. The Kier molecular flexibility index (Phi) is 5.46. The molecule has 134 valence electrons. The summed E-state index contributed by atoms with van der Waals surface area (Å²) in [5.74, 6) is 5.72. The topological polar surface area (TPSA) is 20.2 Å². The predicted molar refractivity (Wildman–Crippen MR) is 98.2 cm³/mol. The molecule has 0 aliphatic heterocycles. The first-order valence-electron chi connectivity index (χ1n) is 10.8. The molecule has 1 nitrogen and oxygen atoms in total. The molecule has 4 rings (SSSR count). The first-order chi connectivity index (χ1) is 11.1. The van der Waals surface area contributed by atoms with Gasteiger partial charge in [-0.2, -0.15) is 0 Å². The van der Waals surface area contributed by atoms with Crippen LogP contribution in [0.15, 0.2) is 0 Å². The Morgan fingerprint density at radius 2 is 1.57 bits per heavy atom. The Labute approximate surface area is 144 Å². The van der Waals surface area contributed by atoms with Crippen molar-refractivity contribution < 1.29 is 5.11 Å². The van der Waals surface area contributed by atoms with E-state index in [2.05, 4.69) is 6.92 Å². The van der Waals surface area contributed by atoms with Crippen molar-refractivity contribution in [1.82, 2.24) is 0 Å². The monoisotopic (exact) mass is 320 g/mol. The maximum atomic E-state index is 10.2. The van der Waals surface area contributed by atoms with E-state index in [-0.39, 0.29) is 6.10 Å². The molecule has 4 aliphatic carbocycles. The third kappa shape index (κ3) is 2.90. The highest BCUT2D eigenvalue weighted by Gasteiger charge is 2.57. The van der Waals surface area contributed by atoms with Crippen LogP contribution in [0, 0.1) is 40.9 Å². The molecule has 0 radical (unpaired) electrons. The molecule has 4 fully saturated rings. The summed E-state index contributed by atoms with van der Waals surface area (Å²) < 4.78 is 0. The van der Waals surface area contributed by atoms with E-state index >= 15 is 0 Å². The van der Waals surface area contributed by atoms with Gasteiger partial charge in [0.25, 0.3) is 0 Å². The number of hydrogen-bond donors (Lipinski definition) is 1. The van der Waals surface area contributed by atoms with E-state index in [1.54, 1.807) is 0 Å². The Balaban J connectivity index is 0.000000753. The Hall–Kier alpha value is -0.0400. The summed E-state index contributed by atoms with van der Waals surface area (Å²) in [5.41, 5.74) is 0.455. The van der Waals surface area contributed by atoms with Gasteiger partial charge in [0.05, 0.1) is 6.10 Å². The normalized spacial score (nSPS) is 50.0. The van der Waals surface area contributed by atoms with Crippen LogP contribution in [0.2, 0.25) is 0 Å². The fourth-order valence-corrected chi connectivity index (χ4v) is 7.66. The highest BCUT2D eigenvalue weighted by Crippen LogP contribution is 2.64. The summed E-state index contributed by atoms with van der Waals surface area (Å²) in [4.78, 5) is 0. The molecule has 1 heteroatoms. The quantitative estimate of drug-likeness (QED) is 0.623. The molecule has 0 aromatic rings. The second kappa shape index (κ2) is 7.06. The van der Waals surface area contributed by atoms with Crippen molar-refractivity contribution >= 4 is 0 Å². The minimum Gasteiger partial charge on any atom is -0.393 e. The van der Waals surface area contributed by atoms with E-state index in [0.717, 1.165) is 29.6 Å². The van der Waals surface area contributed by atoms with Gasteiger partial charge in [0.2, 0.25) is 0 Å². The zero-order valence-electron chi connectivity index (χ0n) is 16.1. The van der Waals surface area contributed by atoms with Crippen LogP contribution in [0.25, 0.3) is 0 Å². The van der Waals surface area contributed by atoms with Gasteiger partial charge in [0.15, 0.2) is 0 Å². The molecule has 0 spiro atoms. The summed E-state index contributed by atoms with van der Waals surface area (Å²) in [5, 5.41) is 10.2. The van der Waals surface area contributed by atoms with Gasteiger partial charge >= 0.3 is 0 Å². The molecule has 0 amide bonds. The van der Waals surface area contributed by atoms with Crippen LogP contribution in [0.5, 0.6) is 0 Å². The summed E-state index contributed by atoms with van der Waals surface area (Å²) in [6.45, 7) is 8.58. The molecular weight excluding hydrogens is 280 g/mol. The van der Waals surface area contributed by atoms with Crippen molar-refractivity contribution in [3.05, 3.63) is 0 Å². The molecular formula is C22H40O. The molecule has 0 aromatic heterocycles. The van der Waals surface area contributed by atoms with Gasteiger partial charge in [-0.3, -0.25) is 0 Å². The second-order valence-corrected chi connectivity index (χ2v) is 9.19. The fraction of sp³-hybridized carbons (Fsp3) is 1.00. The maximum absolute atomic E-state index is 10.2. The average molecular weight is 321 g/mol. The molecule has 0 saturated heterocycles. The molecule has 4 aliphatic rings. The van der Waals surface area contributed by atoms with Crippen molar-refractivity contribution in [3.63, 3.8) is 0 Å². The summed E-state index contributed by atoms with van der Waals surface area (Å²) in [7, 11) is 0. The number of aliphatic hydroxyl groups is 1. The third-order valence-electron chi connectivity index (χ3n) is 8.54. The van der Waals surface area contributed by atoms with Crippen molar-refractivity contribution in [2.75, 3.05) is 0 Å².